The van der Waals surface area contributed by atoms with Gasteiger partial charge in [0, 0.05) is 31.7 Å². The highest BCUT2D eigenvalue weighted by molar-refractivity contribution is 7.89. The normalized spacial score (nSPS) is 18.7. The Labute approximate surface area is 117 Å². The van der Waals surface area contributed by atoms with Gasteiger partial charge in [0.05, 0.1) is 10.8 Å². The third-order valence-corrected chi connectivity index (χ3v) is 5.44. The number of rotatable bonds is 3. The van der Waals surface area contributed by atoms with Crippen molar-refractivity contribution < 1.29 is 12.8 Å². The lowest BCUT2D eigenvalue weighted by Crippen LogP contribution is -2.47. The molecule has 2 rings (SSSR count). The summed E-state index contributed by atoms with van der Waals surface area (Å²) in [6.45, 7) is 2.30. The summed E-state index contributed by atoms with van der Waals surface area (Å²) in [6.07, 6.45) is 0. The van der Waals surface area contributed by atoms with Gasteiger partial charge in [0.15, 0.2) is 0 Å². The van der Waals surface area contributed by atoms with Crippen LogP contribution in [0.25, 0.3) is 0 Å². The Balaban J connectivity index is 2.29. The Morgan fingerprint density at radius 3 is 2.47 bits per heavy atom. The van der Waals surface area contributed by atoms with Crippen LogP contribution in [0.5, 0.6) is 0 Å². The number of alkyl halides is 1. The van der Waals surface area contributed by atoms with Crippen molar-refractivity contribution in [2.75, 3.05) is 33.2 Å². The standard InChI is InChI=1S/C12H16ClFN2O2S/c1-15-4-6-16(7-5-15)19(17,18)11-2-3-12(14)10(8-11)9-13/h2-3,8H,4-7,9H2,1H3. The van der Waals surface area contributed by atoms with E-state index in [0.29, 0.717) is 26.2 Å². The van der Waals surface area contributed by atoms with Crippen LogP contribution in [0.1, 0.15) is 5.56 Å². The van der Waals surface area contributed by atoms with Crippen LogP contribution in [0.15, 0.2) is 23.1 Å². The summed E-state index contributed by atoms with van der Waals surface area (Å²) in [5.41, 5.74) is 0.205. The quantitative estimate of drug-likeness (QED) is 0.795. The molecule has 0 aliphatic carbocycles. The fraction of sp³-hybridized carbons (Fsp3) is 0.500. The number of likely N-dealkylation sites (N-methyl/N-ethyl adjacent to an activating group) is 1. The van der Waals surface area contributed by atoms with Crippen molar-refractivity contribution in [1.29, 1.82) is 0 Å². The third kappa shape index (κ3) is 3.08. The first-order valence-corrected chi connectivity index (χ1v) is 7.95. The molecule has 0 amide bonds. The fourth-order valence-corrected chi connectivity index (χ4v) is 3.67. The molecule has 0 aromatic heterocycles. The number of hydrogen-bond donors (Lipinski definition) is 0. The van der Waals surface area contributed by atoms with E-state index in [1.807, 2.05) is 7.05 Å². The van der Waals surface area contributed by atoms with Crippen molar-refractivity contribution in [3.8, 4) is 0 Å². The molecule has 0 saturated carbocycles. The number of sulfonamides is 1. The van der Waals surface area contributed by atoms with E-state index in [4.69, 9.17) is 11.6 Å². The fourth-order valence-electron chi connectivity index (χ4n) is 1.99. The van der Waals surface area contributed by atoms with Gasteiger partial charge in [-0.25, -0.2) is 12.8 Å². The first-order chi connectivity index (χ1) is 8.95. The van der Waals surface area contributed by atoms with Gasteiger partial charge in [0.1, 0.15) is 5.82 Å². The molecule has 0 atom stereocenters. The van der Waals surface area contributed by atoms with Gasteiger partial charge in [0.25, 0.3) is 0 Å². The van der Waals surface area contributed by atoms with E-state index < -0.39 is 15.8 Å². The van der Waals surface area contributed by atoms with Gasteiger partial charge in [-0.1, -0.05) is 0 Å². The second-order valence-corrected chi connectivity index (χ2v) is 6.80. The van der Waals surface area contributed by atoms with E-state index in [9.17, 15) is 12.8 Å². The molecule has 106 valence electrons. The Bertz CT molecular complexity index is 557. The predicted molar refractivity (Wildman–Crippen MR) is 72.2 cm³/mol. The van der Waals surface area contributed by atoms with E-state index in [2.05, 4.69) is 4.90 Å². The van der Waals surface area contributed by atoms with Crippen molar-refractivity contribution in [3.05, 3.63) is 29.6 Å². The zero-order valence-corrected chi connectivity index (χ0v) is 12.2. The molecule has 1 aromatic rings. The van der Waals surface area contributed by atoms with Gasteiger partial charge < -0.3 is 4.90 Å². The van der Waals surface area contributed by atoms with Gasteiger partial charge in [-0.05, 0) is 25.2 Å². The maximum Gasteiger partial charge on any atom is 0.243 e. The van der Waals surface area contributed by atoms with Crippen molar-refractivity contribution in [2.24, 2.45) is 0 Å². The zero-order valence-electron chi connectivity index (χ0n) is 10.6. The highest BCUT2D eigenvalue weighted by Gasteiger charge is 2.27. The van der Waals surface area contributed by atoms with E-state index in [-0.39, 0.29) is 16.3 Å². The summed E-state index contributed by atoms with van der Waals surface area (Å²) in [5.74, 6) is -0.523. The lowest BCUT2D eigenvalue weighted by Gasteiger charge is -2.31. The maximum absolute atomic E-state index is 13.4. The smallest absolute Gasteiger partial charge is 0.243 e. The van der Waals surface area contributed by atoms with Gasteiger partial charge in [-0.3, -0.25) is 0 Å². The zero-order chi connectivity index (χ0) is 14.0. The molecular formula is C12H16ClFN2O2S. The highest BCUT2D eigenvalue weighted by atomic mass is 35.5. The Kier molecular flexibility index (Phi) is 4.45. The summed E-state index contributed by atoms with van der Waals surface area (Å²) in [4.78, 5) is 2.18. The van der Waals surface area contributed by atoms with Crippen LogP contribution in [0, 0.1) is 5.82 Å². The van der Waals surface area contributed by atoms with Crippen LogP contribution in [-0.4, -0.2) is 50.8 Å². The maximum atomic E-state index is 13.4. The minimum atomic E-state index is -3.55. The number of piperazine rings is 1. The number of halogens is 2. The summed E-state index contributed by atoms with van der Waals surface area (Å²) < 4.78 is 39.6. The van der Waals surface area contributed by atoms with Crippen LogP contribution in [0.4, 0.5) is 4.39 Å². The predicted octanol–water partition coefficient (Wildman–Crippen LogP) is 1.50. The Morgan fingerprint density at radius 2 is 1.89 bits per heavy atom. The molecule has 19 heavy (non-hydrogen) atoms. The van der Waals surface area contributed by atoms with Crippen LogP contribution < -0.4 is 0 Å². The second-order valence-electron chi connectivity index (χ2n) is 4.59. The molecule has 1 heterocycles. The molecule has 7 heteroatoms. The van der Waals surface area contributed by atoms with E-state index in [0.717, 1.165) is 6.07 Å². The van der Waals surface area contributed by atoms with Gasteiger partial charge in [-0.15, -0.1) is 11.6 Å². The van der Waals surface area contributed by atoms with Gasteiger partial charge in [0.2, 0.25) is 10.0 Å². The Morgan fingerprint density at radius 1 is 1.26 bits per heavy atom. The van der Waals surface area contributed by atoms with Crippen LogP contribution >= 0.6 is 11.6 Å². The minimum absolute atomic E-state index is 0.0437. The molecular weight excluding hydrogens is 291 g/mol. The molecule has 1 aliphatic heterocycles. The molecule has 0 radical (unpaired) electrons. The summed E-state index contributed by atoms with van der Waals surface area (Å²) in [7, 11) is -1.60. The van der Waals surface area contributed by atoms with Crippen molar-refractivity contribution >= 4 is 21.6 Å². The first-order valence-electron chi connectivity index (χ1n) is 5.98. The van der Waals surface area contributed by atoms with Crippen molar-refractivity contribution in [2.45, 2.75) is 10.8 Å². The average Bonchev–Trinajstić information content (AvgIpc) is 2.39. The first kappa shape index (κ1) is 14.7. The monoisotopic (exact) mass is 306 g/mol. The van der Waals surface area contributed by atoms with E-state index >= 15 is 0 Å². The Hall–Kier alpha value is -0.690. The van der Waals surface area contributed by atoms with Gasteiger partial charge >= 0.3 is 0 Å². The molecule has 4 nitrogen and oxygen atoms in total. The molecule has 1 fully saturated rings. The number of hydrogen-bond acceptors (Lipinski definition) is 3. The van der Waals surface area contributed by atoms with Crippen LogP contribution in [-0.2, 0) is 15.9 Å². The number of nitrogens with zero attached hydrogens (tertiary/aromatic N) is 2. The summed E-state index contributed by atoms with van der Waals surface area (Å²) >= 11 is 5.60. The topological polar surface area (TPSA) is 40.6 Å². The van der Waals surface area contributed by atoms with Crippen molar-refractivity contribution in [3.63, 3.8) is 0 Å². The molecule has 0 spiro atoms. The molecule has 0 N–H and O–H groups in total. The lowest BCUT2D eigenvalue weighted by molar-refractivity contribution is 0.222. The molecule has 0 bridgehead atoms. The SMILES string of the molecule is CN1CCN(S(=O)(=O)c2ccc(F)c(CCl)c2)CC1. The molecule has 0 unspecified atom stereocenters. The van der Waals surface area contributed by atoms with Crippen molar-refractivity contribution in [1.82, 2.24) is 9.21 Å². The lowest BCUT2D eigenvalue weighted by atomic mass is 10.2. The second kappa shape index (κ2) is 5.75. The molecule has 1 saturated heterocycles. The highest BCUT2D eigenvalue weighted by Crippen LogP contribution is 2.21. The average molecular weight is 307 g/mol. The number of benzene rings is 1. The minimum Gasteiger partial charge on any atom is -0.304 e. The largest absolute Gasteiger partial charge is 0.304 e. The molecule has 1 aromatic carbocycles. The third-order valence-electron chi connectivity index (χ3n) is 3.26. The summed E-state index contributed by atoms with van der Waals surface area (Å²) in [6, 6.07) is 3.76. The van der Waals surface area contributed by atoms with Crippen LogP contribution in [0.2, 0.25) is 0 Å². The molecule has 1 aliphatic rings. The van der Waals surface area contributed by atoms with Crippen LogP contribution in [0.3, 0.4) is 0 Å². The van der Waals surface area contributed by atoms with E-state index in [1.165, 1.54) is 16.4 Å². The van der Waals surface area contributed by atoms with Gasteiger partial charge in [-0.2, -0.15) is 4.31 Å². The summed E-state index contributed by atoms with van der Waals surface area (Å²) in [5, 5.41) is 0. The van der Waals surface area contributed by atoms with E-state index in [1.54, 1.807) is 0 Å².